The lowest BCUT2D eigenvalue weighted by atomic mass is 10.1. The summed E-state index contributed by atoms with van der Waals surface area (Å²) in [6.07, 6.45) is 4.14. The maximum Gasteiger partial charge on any atom is 0.261 e. The minimum Gasteiger partial charge on any atom is -0.480 e. The Morgan fingerprint density at radius 2 is 1.72 bits per heavy atom. The standard InChI is InChI=1S/C25H34N2O2/c1-4-23(29-24-10-8-9-19(2)20(24)3)25(28)26-17-21-11-13-22(14-12-21)18-27-15-6-5-7-16-27/h8-14,23H,4-7,15-18H2,1-3H3,(H,26,28)/t23-/m1/s1. The van der Waals surface area contributed by atoms with Gasteiger partial charge < -0.3 is 10.1 Å². The summed E-state index contributed by atoms with van der Waals surface area (Å²) >= 11 is 0. The van der Waals surface area contributed by atoms with E-state index >= 15 is 0 Å². The van der Waals surface area contributed by atoms with E-state index in [1.807, 2.05) is 26.0 Å². The van der Waals surface area contributed by atoms with Crippen LogP contribution in [0.3, 0.4) is 0 Å². The van der Waals surface area contributed by atoms with E-state index in [1.54, 1.807) is 0 Å². The Hall–Kier alpha value is -2.33. The van der Waals surface area contributed by atoms with Crippen molar-refractivity contribution >= 4 is 5.91 Å². The summed E-state index contributed by atoms with van der Waals surface area (Å²) in [6.45, 7) is 10.0. The first kappa shape index (κ1) is 21.4. The van der Waals surface area contributed by atoms with E-state index in [-0.39, 0.29) is 5.91 Å². The van der Waals surface area contributed by atoms with Crippen LogP contribution in [0.5, 0.6) is 5.75 Å². The molecule has 156 valence electrons. The Morgan fingerprint density at radius 1 is 1.03 bits per heavy atom. The number of nitrogens with zero attached hydrogens (tertiary/aromatic N) is 1. The van der Waals surface area contributed by atoms with Gasteiger partial charge in [-0.05, 0) is 74.5 Å². The van der Waals surface area contributed by atoms with Crippen LogP contribution in [0.1, 0.15) is 54.9 Å². The second-order valence-corrected chi connectivity index (χ2v) is 8.08. The zero-order chi connectivity index (χ0) is 20.6. The number of benzene rings is 2. The molecule has 1 saturated heterocycles. The van der Waals surface area contributed by atoms with Crippen molar-refractivity contribution in [2.45, 2.75) is 65.6 Å². The van der Waals surface area contributed by atoms with E-state index in [4.69, 9.17) is 4.74 Å². The Balaban J connectivity index is 1.51. The molecule has 1 heterocycles. The summed E-state index contributed by atoms with van der Waals surface area (Å²) in [5.41, 5.74) is 4.71. The Labute approximate surface area is 175 Å². The van der Waals surface area contributed by atoms with Crippen LogP contribution in [-0.4, -0.2) is 30.0 Å². The Bertz CT molecular complexity index is 795. The molecule has 0 saturated carbocycles. The van der Waals surface area contributed by atoms with Crippen LogP contribution >= 0.6 is 0 Å². The van der Waals surface area contributed by atoms with Crippen molar-refractivity contribution in [3.63, 3.8) is 0 Å². The number of nitrogens with one attached hydrogen (secondary N) is 1. The van der Waals surface area contributed by atoms with Gasteiger partial charge in [0.1, 0.15) is 5.75 Å². The van der Waals surface area contributed by atoms with Crippen molar-refractivity contribution in [3.05, 3.63) is 64.7 Å². The van der Waals surface area contributed by atoms with Gasteiger partial charge in [0.2, 0.25) is 0 Å². The van der Waals surface area contributed by atoms with E-state index < -0.39 is 6.10 Å². The lowest BCUT2D eigenvalue weighted by Gasteiger charge is -2.26. The van der Waals surface area contributed by atoms with E-state index in [0.717, 1.165) is 23.4 Å². The van der Waals surface area contributed by atoms with Crippen molar-refractivity contribution in [2.24, 2.45) is 0 Å². The van der Waals surface area contributed by atoms with Crippen LogP contribution in [0.2, 0.25) is 0 Å². The quantitative estimate of drug-likeness (QED) is 0.702. The molecule has 1 N–H and O–H groups in total. The van der Waals surface area contributed by atoms with Gasteiger partial charge in [0, 0.05) is 13.1 Å². The van der Waals surface area contributed by atoms with E-state index in [1.165, 1.54) is 43.5 Å². The first-order valence-corrected chi connectivity index (χ1v) is 10.9. The first-order valence-electron chi connectivity index (χ1n) is 10.9. The molecule has 29 heavy (non-hydrogen) atoms. The molecule has 0 aliphatic carbocycles. The van der Waals surface area contributed by atoms with Crippen molar-refractivity contribution in [1.82, 2.24) is 10.2 Å². The summed E-state index contributed by atoms with van der Waals surface area (Å²) in [5.74, 6) is 0.722. The van der Waals surface area contributed by atoms with Crippen molar-refractivity contribution in [1.29, 1.82) is 0 Å². The maximum atomic E-state index is 12.6. The molecular formula is C25H34N2O2. The topological polar surface area (TPSA) is 41.6 Å². The van der Waals surface area contributed by atoms with Crippen molar-refractivity contribution in [2.75, 3.05) is 13.1 Å². The lowest BCUT2D eigenvalue weighted by molar-refractivity contribution is -0.128. The summed E-state index contributed by atoms with van der Waals surface area (Å²) < 4.78 is 6.01. The van der Waals surface area contributed by atoms with Gasteiger partial charge in [-0.25, -0.2) is 0 Å². The largest absolute Gasteiger partial charge is 0.480 e. The van der Waals surface area contributed by atoms with Crippen LogP contribution in [0, 0.1) is 13.8 Å². The predicted octanol–water partition coefficient (Wildman–Crippen LogP) is 4.76. The zero-order valence-corrected chi connectivity index (χ0v) is 18.0. The van der Waals surface area contributed by atoms with Gasteiger partial charge in [-0.3, -0.25) is 9.69 Å². The molecule has 0 bridgehead atoms. The zero-order valence-electron chi connectivity index (χ0n) is 18.0. The second-order valence-electron chi connectivity index (χ2n) is 8.08. The van der Waals surface area contributed by atoms with Gasteiger partial charge in [-0.1, -0.05) is 49.7 Å². The molecule has 0 aromatic heterocycles. The molecule has 2 aromatic rings. The lowest BCUT2D eigenvalue weighted by Crippen LogP contribution is -2.37. The highest BCUT2D eigenvalue weighted by Crippen LogP contribution is 2.22. The molecule has 0 radical (unpaired) electrons. The number of carbonyl (C=O) groups excluding carboxylic acids is 1. The van der Waals surface area contributed by atoms with E-state index in [2.05, 4.69) is 47.5 Å². The number of aryl methyl sites for hydroxylation is 1. The van der Waals surface area contributed by atoms with Gasteiger partial charge in [-0.2, -0.15) is 0 Å². The third-order valence-electron chi connectivity index (χ3n) is 5.83. The number of hydrogen-bond donors (Lipinski definition) is 1. The number of piperidine rings is 1. The summed E-state index contributed by atoms with van der Waals surface area (Å²) in [4.78, 5) is 15.2. The fraction of sp³-hybridized carbons (Fsp3) is 0.480. The van der Waals surface area contributed by atoms with Gasteiger partial charge >= 0.3 is 0 Å². The van der Waals surface area contributed by atoms with Gasteiger partial charge in [0.05, 0.1) is 0 Å². The average molecular weight is 395 g/mol. The summed E-state index contributed by atoms with van der Waals surface area (Å²) in [5, 5.41) is 3.03. The molecule has 0 unspecified atom stereocenters. The highest BCUT2D eigenvalue weighted by Gasteiger charge is 2.19. The second kappa shape index (κ2) is 10.4. The number of rotatable bonds is 8. The van der Waals surface area contributed by atoms with Crippen LogP contribution < -0.4 is 10.1 Å². The monoisotopic (exact) mass is 394 g/mol. The van der Waals surface area contributed by atoms with Gasteiger partial charge in [-0.15, -0.1) is 0 Å². The summed E-state index contributed by atoms with van der Waals surface area (Å²) in [6, 6.07) is 14.5. The first-order chi connectivity index (χ1) is 14.1. The van der Waals surface area contributed by atoms with Crippen molar-refractivity contribution in [3.8, 4) is 5.75 Å². The molecular weight excluding hydrogens is 360 g/mol. The van der Waals surface area contributed by atoms with E-state index in [9.17, 15) is 4.79 Å². The molecule has 1 aliphatic rings. The third kappa shape index (κ3) is 6.07. The van der Waals surface area contributed by atoms with Crippen LogP contribution in [0.25, 0.3) is 0 Å². The third-order valence-corrected chi connectivity index (χ3v) is 5.83. The number of amides is 1. The van der Waals surface area contributed by atoms with Crippen LogP contribution in [0.4, 0.5) is 0 Å². The minimum absolute atomic E-state index is 0.0641. The molecule has 1 fully saturated rings. The predicted molar refractivity (Wildman–Crippen MR) is 118 cm³/mol. The SMILES string of the molecule is CC[C@@H](Oc1cccc(C)c1C)C(=O)NCc1ccc(CN2CCCCC2)cc1. The number of hydrogen-bond acceptors (Lipinski definition) is 3. The molecule has 4 nitrogen and oxygen atoms in total. The smallest absolute Gasteiger partial charge is 0.261 e. The normalized spacial score (nSPS) is 15.7. The molecule has 0 spiro atoms. The van der Waals surface area contributed by atoms with Gasteiger partial charge in [0.25, 0.3) is 5.91 Å². The summed E-state index contributed by atoms with van der Waals surface area (Å²) in [7, 11) is 0. The maximum absolute atomic E-state index is 12.6. The molecule has 1 atom stereocenters. The van der Waals surface area contributed by atoms with Gasteiger partial charge in [0.15, 0.2) is 6.10 Å². The highest BCUT2D eigenvalue weighted by molar-refractivity contribution is 5.81. The highest BCUT2D eigenvalue weighted by atomic mass is 16.5. The van der Waals surface area contributed by atoms with Crippen molar-refractivity contribution < 1.29 is 9.53 Å². The van der Waals surface area contributed by atoms with Crippen LogP contribution in [-0.2, 0) is 17.9 Å². The molecule has 2 aromatic carbocycles. The minimum atomic E-state index is -0.478. The number of likely N-dealkylation sites (tertiary alicyclic amines) is 1. The molecule has 1 aliphatic heterocycles. The number of ether oxygens (including phenoxy) is 1. The van der Waals surface area contributed by atoms with E-state index in [0.29, 0.717) is 13.0 Å². The fourth-order valence-corrected chi connectivity index (χ4v) is 3.77. The molecule has 4 heteroatoms. The Morgan fingerprint density at radius 3 is 2.41 bits per heavy atom. The fourth-order valence-electron chi connectivity index (χ4n) is 3.77. The average Bonchev–Trinajstić information content (AvgIpc) is 2.75. The Kier molecular flexibility index (Phi) is 7.70. The van der Waals surface area contributed by atoms with Crippen LogP contribution in [0.15, 0.2) is 42.5 Å². The molecule has 3 rings (SSSR count). The number of carbonyl (C=O) groups is 1. The molecule has 1 amide bonds.